The summed E-state index contributed by atoms with van der Waals surface area (Å²) in [5, 5.41) is 10.6. The third kappa shape index (κ3) is 4.00. The van der Waals surface area contributed by atoms with Crippen molar-refractivity contribution in [2.24, 2.45) is 0 Å². The molecular weight excluding hydrogens is 343 g/mol. The van der Waals surface area contributed by atoms with Crippen molar-refractivity contribution in [2.75, 3.05) is 0 Å². The van der Waals surface area contributed by atoms with Crippen LogP contribution in [0.2, 0.25) is 0 Å². The Morgan fingerprint density at radius 3 is 2.74 bits per heavy atom. The number of rotatable bonds is 5. The van der Waals surface area contributed by atoms with E-state index in [0.717, 1.165) is 16.7 Å². The van der Waals surface area contributed by atoms with E-state index in [0.29, 0.717) is 30.2 Å². The maximum absolute atomic E-state index is 12.2. The summed E-state index contributed by atoms with van der Waals surface area (Å²) in [5.74, 6) is 1.15. The Morgan fingerprint density at radius 1 is 1.15 bits per heavy atom. The minimum atomic E-state index is -0.613. The number of amides is 1. The molecule has 4 rings (SSSR count). The highest BCUT2D eigenvalue weighted by Crippen LogP contribution is 2.24. The lowest BCUT2D eigenvalue weighted by Gasteiger charge is -2.08. The summed E-state index contributed by atoms with van der Waals surface area (Å²) in [4.78, 5) is 16.4. The van der Waals surface area contributed by atoms with Gasteiger partial charge in [0.05, 0.1) is 24.3 Å². The van der Waals surface area contributed by atoms with Gasteiger partial charge in [-0.1, -0.05) is 12.1 Å². The zero-order valence-electron chi connectivity index (χ0n) is 14.5. The van der Waals surface area contributed by atoms with Crippen LogP contribution in [0.4, 0.5) is 0 Å². The van der Waals surface area contributed by atoms with E-state index in [1.807, 2.05) is 36.4 Å². The van der Waals surface area contributed by atoms with Crippen molar-refractivity contribution in [3.63, 3.8) is 0 Å². The number of hydrogen-bond acceptors (Lipinski definition) is 4. The van der Waals surface area contributed by atoms with Crippen LogP contribution < -0.4 is 15.5 Å². The number of carbonyl (C=O) groups excluding carboxylic acids is 1. The van der Waals surface area contributed by atoms with E-state index in [1.54, 1.807) is 30.5 Å². The quantitative estimate of drug-likeness (QED) is 0.555. The third-order valence-electron chi connectivity index (χ3n) is 4.31. The van der Waals surface area contributed by atoms with Gasteiger partial charge in [0.15, 0.2) is 0 Å². The predicted molar refractivity (Wildman–Crippen MR) is 102 cm³/mol. The lowest BCUT2D eigenvalue weighted by atomic mass is 9.80. The van der Waals surface area contributed by atoms with Gasteiger partial charge in [-0.2, -0.15) is 0 Å². The van der Waals surface area contributed by atoms with Crippen molar-refractivity contribution >= 4 is 18.5 Å². The summed E-state index contributed by atoms with van der Waals surface area (Å²) in [7, 11) is -0.613. The van der Waals surface area contributed by atoms with Gasteiger partial charge < -0.3 is 19.7 Å². The Kier molecular flexibility index (Phi) is 4.87. The van der Waals surface area contributed by atoms with Crippen molar-refractivity contribution in [1.29, 1.82) is 0 Å². The number of benzene rings is 2. The first-order valence-corrected chi connectivity index (χ1v) is 8.60. The van der Waals surface area contributed by atoms with Crippen LogP contribution in [-0.2, 0) is 17.8 Å². The van der Waals surface area contributed by atoms with Crippen LogP contribution in [0, 0.1) is 0 Å². The molecule has 0 saturated carbocycles. The fourth-order valence-corrected chi connectivity index (χ4v) is 2.88. The SMILES string of the molecule is O=C(NCc1ccccn1)c1ccc(Oc2ccc3c(c2)COB3[OH2+])cc1. The van der Waals surface area contributed by atoms with Crippen molar-refractivity contribution < 1.29 is 19.2 Å². The monoisotopic (exact) mass is 361 g/mol. The molecule has 1 aliphatic heterocycles. The average molecular weight is 361 g/mol. The van der Waals surface area contributed by atoms with Crippen molar-refractivity contribution in [2.45, 2.75) is 13.2 Å². The Balaban J connectivity index is 1.38. The first-order chi connectivity index (χ1) is 13.2. The number of nitrogens with zero attached hydrogens (tertiary/aromatic N) is 1. The first kappa shape index (κ1) is 17.3. The molecule has 0 aliphatic carbocycles. The molecule has 0 spiro atoms. The Labute approximate surface area is 156 Å². The summed E-state index contributed by atoms with van der Waals surface area (Å²) in [6.07, 6.45) is 1.70. The van der Waals surface area contributed by atoms with Crippen LogP contribution >= 0.6 is 0 Å². The molecule has 0 bridgehead atoms. The molecule has 0 atom stereocenters. The molecule has 27 heavy (non-hydrogen) atoms. The van der Waals surface area contributed by atoms with Gasteiger partial charge in [-0.3, -0.25) is 9.78 Å². The van der Waals surface area contributed by atoms with Crippen LogP contribution in [0.1, 0.15) is 21.6 Å². The molecule has 1 aliphatic rings. The second-order valence-electron chi connectivity index (χ2n) is 6.18. The molecule has 0 radical (unpaired) electrons. The highest BCUT2D eigenvalue weighted by atomic mass is 16.5. The number of hydrogen-bond donors (Lipinski definition) is 1. The van der Waals surface area contributed by atoms with Crippen LogP contribution in [0.3, 0.4) is 0 Å². The fraction of sp³-hybridized carbons (Fsp3) is 0.100. The lowest BCUT2D eigenvalue weighted by Crippen LogP contribution is -2.27. The van der Waals surface area contributed by atoms with Gasteiger partial charge in [0.1, 0.15) is 11.5 Å². The highest BCUT2D eigenvalue weighted by Gasteiger charge is 2.36. The predicted octanol–water partition coefficient (Wildman–Crippen LogP) is 1.75. The van der Waals surface area contributed by atoms with Gasteiger partial charge in [-0.05, 0) is 54.1 Å². The number of aromatic nitrogens is 1. The van der Waals surface area contributed by atoms with E-state index in [-0.39, 0.29) is 5.91 Å². The zero-order chi connectivity index (χ0) is 18.6. The summed E-state index contributed by atoms with van der Waals surface area (Å²) in [6.45, 7) is 0.808. The molecule has 1 aromatic heterocycles. The zero-order valence-corrected chi connectivity index (χ0v) is 14.5. The number of nitrogens with one attached hydrogen (secondary N) is 1. The molecule has 3 aromatic rings. The topological polar surface area (TPSA) is 83.3 Å². The van der Waals surface area contributed by atoms with Crippen LogP contribution in [0.5, 0.6) is 11.5 Å². The average Bonchev–Trinajstić information content (AvgIpc) is 3.08. The molecule has 134 valence electrons. The molecule has 0 fully saturated rings. The highest BCUT2D eigenvalue weighted by molar-refractivity contribution is 6.61. The van der Waals surface area contributed by atoms with Crippen LogP contribution in [-0.4, -0.2) is 23.0 Å². The Bertz CT molecular complexity index is 948. The van der Waals surface area contributed by atoms with Gasteiger partial charge in [-0.15, -0.1) is 0 Å². The van der Waals surface area contributed by atoms with Crippen LogP contribution in [0.25, 0.3) is 0 Å². The molecule has 2 heterocycles. The summed E-state index contributed by atoms with van der Waals surface area (Å²) in [6, 6.07) is 18.1. The third-order valence-corrected chi connectivity index (χ3v) is 4.31. The summed E-state index contributed by atoms with van der Waals surface area (Å²) >= 11 is 0. The second kappa shape index (κ2) is 7.61. The molecule has 2 aromatic carbocycles. The molecule has 3 N–H and O–H groups in total. The van der Waals surface area contributed by atoms with E-state index in [1.165, 1.54) is 0 Å². The number of pyridine rings is 1. The lowest BCUT2D eigenvalue weighted by molar-refractivity contribution is 0.0950. The standard InChI is InChI=1S/C20H17BN2O4/c24-20(23-12-16-3-1-2-10-22-16)14-4-6-17(7-5-14)27-18-8-9-19-15(11-18)13-26-21(19)25/h1-11,25H,12-13H2,(H,23,24)/p+1. The van der Waals surface area contributed by atoms with Gasteiger partial charge in [0.2, 0.25) is 0 Å². The normalized spacial score (nSPS) is 12.6. The number of carbonyl (C=O) groups is 1. The van der Waals surface area contributed by atoms with Gasteiger partial charge in [0, 0.05) is 11.8 Å². The van der Waals surface area contributed by atoms with Crippen molar-refractivity contribution in [3.8, 4) is 11.5 Å². The Morgan fingerprint density at radius 2 is 1.96 bits per heavy atom. The second-order valence-corrected chi connectivity index (χ2v) is 6.18. The van der Waals surface area contributed by atoms with Gasteiger partial charge >= 0.3 is 7.12 Å². The van der Waals surface area contributed by atoms with Crippen LogP contribution in [0.15, 0.2) is 66.9 Å². The molecule has 0 saturated heterocycles. The number of ether oxygens (including phenoxy) is 1. The van der Waals surface area contributed by atoms with E-state index in [4.69, 9.17) is 14.4 Å². The van der Waals surface area contributed by atoms with Gasteiger partial charge in [-0.25, -0.2) is 0 Å². The van der Waals surface area contributed by atoms with E-state index in [9.17, 15) is 4.79 Å². The van der Waals surface area contributed by atoms with Crippen molar-refractivity contribution in [3.05, 3.63) is 83.7 Å². The van der Waals surface area contributed by atoms with E-state index >= 15 is 0 Å². The maximum atomic E-state index is 12.2. The summed E-state index contributed by atoms with van der Waals surface area (Å²) in [5.41, 5.74) is 3.21. The maximum Gasteiger partial charge on any atom is 0.731 e. The molecule has 6 nitrogen and oxygen atoms in total. The minimum Gasteiger partial charge on any atom is -0.522 e. The molecule has 7 heteroatoms. The molecule has 1 amide bonds. The summed E-state index contributed by atoms with van der Waals surface area (Å²) < 4.78 is 11.1. The first-order valence-electron chi connectivity index (χ1n) is 8.60. The smallest absolute Gasteiger partial charge is 0.522 e. The van der Waals surface area contributed by atoms with E-state index in [2.05, 4.69) is 10.3 Å². The fourth-order valence-electron chi connectivity index (χ4n) is 2.88. The molecular formula is C20H18BN2O4+. The van der Waals surface area contributed by atoms with Gasteiger partial charge in [0.25, 0.3) is 5.91 Å². The largest absolute Gasteiger partial charge is 0.731 e. The molecule has 0 unspecified atom stereocenters. The Hall–Kier alpha value is -3.16. The number of fused-ring (bicyclic) bond motifs is 1. The van der Waals surface area contributed by atoms with E-state index < -0.39 is 7.12 Å². The minimum absolute atomic E-state index is 0.164. The van der Waals surface area contributed by atoms with Crippen molar-refractivity contribution in [1.82, 2.24) is 10.3 Å².